The molecule has 154 valence electrons. The van der Waals surface area contributed by atoms with Crippen molar-refractivity contribution in [2.45, 2.75) is 84.2 Å². The van der Waals surface area contributed by atoms with Crippen LogP contribution in [0.1, 0.15) is 78.6 Å². The van der Waals surface area contributed by atoms with Crippen LogP contribution < -0.4 is 0 Å². The van der Waals surface area contributed by atoms with Crippen molar-refractivity contribution in [3.05, 3.63) is 11.1 Å². The summed E-state index contributed by atoms with van der Waals surface area (Å²) < 4.78 is 5.19. The molecule has 4 heteroatoms. The minimum absolute atomic E-state index is 0.0218. The zero-order valence-corrected chi connectivity index (χ0v) is 17.7. The lowest BCUT2D eigenvalue weighted by Gasteiger charge is -2.56. The number of nitrogens with zero attached hydrogens (tertiary/aromatic N) is 1. The number of rotatable bonds is 2. The molecule has 0 bridgehead atoms. The van der Waals surface area contributed by atoms with Crippen molar-refractivity contribution in [2.24, 2.45) is 35.0 Å². The Kier molecular flexibility index (Phi) is 5.11. The highest BCUT2D eigenvalue weighted by molar-refractivity contribution is 5.94. The summed E-state index contributed by atoms with van der Waals surface area (Å²) in [6.45, 7) is 6.43. The number of carbonyl (C=O) groups is 1. The fourth-order valence-electron chi connectivity index (χ4n) is 7.74. The predicted molar refractivity (Wildman–Crippen MR) is 107 cm³/mol. The number of allylic oxidation sites excluding steroid dienone is 1. The number of nitriles is 1. The summed E-state index contributed by atoms with van der Waals surface area (Å²) in [4.78, 5) is 12.4. The summed E-state index contributed by atoms with van der Waals surface area (Å²) >= 11 is 0. The van der Waals surface area contributed by atoms with Gasteiger partial charge < -0.3 is 9.84 Å². The first-order valence-corrected chi connectivity index (χ1v) is 11.3. The monoisotopic (exact) mass is 385 g/mol. The van der Waals surface area contributed by atoms with Gasteiger partial charge in [0.25, 0.3) is 0 Å². The lowest BCUT2D eigenvalue weighted by atomic mass is 9.49. The number of hydrogen-bond acceptors (Lipinski definition) is 4. The van der Waals surface area contributed by atoms with Gasteiger partial charge >= 0.3 is 5.97 Å². The number of esters is 1. The summed E-state index contributed by atoms with van der Waals surface area (Å²) in [5.41, 5.74) is 0.867. The number of ether oxygens (including phenoxy) is 1. The normalized spacial score (nSPS) is 46.6. The predicted octanol–water partition coefficient (Wildman–Crippen LogP) is 4.77. The summed E-state index contributed by atoms with van der Waals surface area (Å²) in [6.07, 6.45) is 9.80. The average molecular weight is 386 g/mol. The Morgan fingerprint density at radius 1 is 1.14 bits per heavy atom. The molecule has 0 radical (unpaired) electrons. The fourth-order valence-corrected chi connectivity index (χ4v) is 7.74. The second-order valence-corrected chi connectivity index (χ2v) is 10.4. The Hall–Kier alpha value is -1.34. The molecule has 0 aromatic rings. The van der Waals surface area contributed by atoms with E-state index in [0.717, 1.165) is 55.9 Å². The van der Waals surface area contributed by atoms with E-state index in [-0.39, 0.29) is 11.0 Å². The minimum atomic E-state index is -0.470. The maximum Gasteiger partial charge on any atom is 0.348 e. The Labute approximate surface area is 169 Å². The average Bonchev–Trinajstić information content (AvgIpc) is 2.99. The van der Waals surface area contributed by atoms with E-state index in [1.165, 1.54) is 19.3 Å². The molecule has 0 unspecified atom stereocenters. The SMILES string of the molecule is CCOC(=O)C(C#N)=C1CC[C@H]2[C@@H]3CC[C@@H]4C[C@](C)(O)CC[C@@H]4[C@H]3CC[C@]12C. The Morgan fingerprint density at radius 3 is 2.61 bits per heavy atom. The molecule has 0 saturated heterocycles. The van der Waals surface area contributed by atoms with E-state index in [0.29, 0.717) is 24.4 Å². The van der Waals surface area contributed by atoms with Gasteiger partial charge in [0.05, 0.1) is 12.2 Å². The van der Waals surface area contributed by atoms with E-state index < -0.39 is 11.6 Å². The Morgan fingerprint density at radius 2 is 1.89 bits per heavy atom. The van der Waals surface area contributed by atoms with Crippen molar-refractivity contribution in [2.75, 3.05) is 6.61 Å². The van der Waals surface area contributed by atoms with E-state index >= 15 is 0 Å². The van der Waals surface area contributed by atoms with Crippen LogP contribution in [0.2, 0.25) is 0 Å². The van der Waals surface area contributed by atoms with Gasteiger partial charge in [0.1, 0.15) is 11.6 Å². The van der Waals surface area contributed by atoms with Crippen molar-refractivity contribution in [1.29, 1.82) is 5.26 Å². The van der Waals surface area contributed by atoms with Gasteiger partial charge in [0.15, 0.2) is 0 Å². The molecule has 4 nitrogen and oxygen atoms in total. The van der Waals surface area contributed by atoms with E-state index in [1.807, 2.05) is 6.92 Å². The highest BCUT2D eigenvalue weighted by Gasteiger charge is 2.56. The number of hydrogen-bond donors (Lipinski definition) is 1. The summed E-state index contributed by atoms with van der Waals surface area (Å²) in [5.74, 6) is 3.07. The lowest BCUT2D eigenvalue weighted by molar-refractivity contribution is -0.138. The summed E-state index contributed by atoms with van der Waals surface area (Å²) in [7, 11) is 0. The third-order valence-electron chi connectivity index (χ3n) is 8.91. The van der Waals surface area contributed by atoms with Crippen molar-refractivity contribution in [1.82, 2.24) is 0 Å². The topological polar surface area (TPSA) is 70.3 Å². The molecule has 0 spiro atoms. The van der Waals surface area contributed by atoms with Crippen molar-refractivity contribution in [3.8, 4) is 6.07 Å². The molecule has 1 N–H and O–H groups in total. The van der Waals surface area contributed by atoms with Crippen LogP contribution in [0.3, 0.4) is 0 Å². The molecule has 7 atom stereocenters. The largest absolute Gasteiger partial charge is 0.462 e. The maximum atomic E-state index is 12.4. The van der Waals surface area contributed by atoms with Gasteiger partial charge in [-0.2, -0.15) is 5.26 Å². The van der Waals surface area contributed by atoms with E-state index in [4.69, 9.17) is 4.74 Å². The van der Waals surface area contributed by atoms with E-state index in [9.17, 15) is 15.2 Å². The lowest BCUT2D eigenvalue weighted by Crippen LogP contribution is -2.49. The first-order valence-electron chi connectivity index (χ1n) is 11.3. The van der Waals surface area contributed by atoms with Crippen LogP contribution in [0, 0.1) is 46.3 Å². The molecule has 0 aromatic heterocycles. The second kappa shape index (κ2) is 7.17. The van der Waals surface area contributed by atoms with Gasteiger partial charge in [0, 0.05) is 0 Å². The van der Waals surface area contributed by atoms with E-state index in [2.05, 4.69) is 13.0 Å². The molecule has 0 amide bonds. The van der Waals surface area contributed by atoms with Crippen molar-refractivity contribution < 1.29 is 14.6 Å². The second-order valence-electron chi connectivity index (χ2n) is 10.4. The first-order chi connectivity index (χ1) is 13.3. The first kappa shape index (κ1) is 20.0. The zero-order valence-electron chi connectivity index (χ0n) is 17.7. The quantitative estimate of drug-likeness (QED) is 0.422. The van der Waals surface area contributed by atoms with Gasteiger partial charge in [-0.1, -0.05) is 6.92 Å². The summed E-state index contributed by atoms with van der Waals surface area (Å²) in [5, 5.41) is 20.2. The molecule has 4 aliphatic rings. The van der Waals surface area contributed by atoms with Crippen molar-refractivity contribution in [3.63, 3.8) is 0 Å². The molecule has 4 rings (SSSR count). The zero-order chi connectivity index (χ0) is 20.1. The highest BCUT2D eigenvalue weighted by atomic mass is 16.5. The molecular formula is C24H35NO3. The molecule has 0 aliphatic heterocycles. The van der Waals surface area contributed by atoms with Crippen LogP contribution in [0.25, 0.3) is 0 Å². The van der Waals surface area contributed by atoms with Gasteiger partial charge in [0.2, 0.25) is 0 Å². The molecule has 4 fully saturated rings. The van der Waals surface area contributed by atoms with E-state index in [1.54, 1.807) is 6.92 Å². The van der Waals surface area contributed by atoms with Crippen LogP contribution in [-0.4, -0.2) is 23.3 Å². The Balaban J connectivity index is 1.59. The number of carbonyl (C=O) groups excluding carboxylic acids is 1. The van der Waals surface area contributed by atoms with Gasteiger partial charge in [-0.3, -0.25) is 0 Å². The number of fused-ring (bicyclic) bond motifs is 5. The molecule has 0 aromatic carbocycles. The van der Waals surface area contributed by atoms with Crippen LogP contribution in [0.4, 0.5) is 0 Å². The molecule has 28 heavy (non-hydrogen) atoms. The molecular weight excluding hydrogens is 350 g/mol. The Bertz CT molecular complexity index is 718. The molecule has 0 heterocycles. The summed E-state index contributed by atoms with van der Waals surface area (Å²) in [6, 6.07) is 2.19. The van der Waals surface area contributed by atoms with Crippen LogP contribution in [-0.2, 0) is 9.53 Å². The third kappa shape index (κ3) is 3.11. The smallest absolute Gasteiger partial charge is 0.348 e. The standard InChI is InChI=1S/C24H35NO3/c1-4-28-22(26)19(14-25)21-8-7-20-18-6-5-15-13-23(2,27)11-9-16(15)17(18)10-12-24(20,21)3/h15-18,20,27H,4-13H2,1-3H3/t15-,16+,17-,18-,20+,23-,24+/m1/s1. The fraction of sp³-hybridized carbons (Fsp3) is 0.833. The highest BCUT2D eigenvalue weighted by Crippen LogP contribution is 2.64. The minimum Gasteiger partial charge on any atom is -0.462 e. The van der Waals surface area contributed by atoms with Crippen LogP contribution in [0.15, 0.2) is 11.1 Å². The number of aliphatic hydroxyl groups is 1. The van der Waals surface area contributed by atoms with Gasteiger partial charge in [-0.15, -0.1) is 0 Å². The van der Waals surface area contributed by atoms with Gasteiger partial charge in [-0.05, 0) is 112 Å². The van der Waals surface area contributed by atoms with Crippen LogP contribution in [0.5, 0.6) is 0 Å². The van der Waals surface area contributed by atoms with Crippen LogP contribution >= 0.6 is 0 Å². The maximum absolute atomic E-state index is 12.4. The van der Waals surface area contributed by atoms with Crippen molar-refractivity contribution >= 4 is 5.97 Å². The third-order valence-corrected chi connectivity index (χ3v) is 8.91. The molecule has 4 aliphatic carbocycles. The molecule has 4 saturated carbocycles. The van der Waals surface area contributed by atoms with Gasteiger partial charge in [-0.25, -0.2) is 4.79 Å².